The summed E-state index contributed by atoms with van der Waals surface area (Å²) in [6.45, 7) is 25.6. The minimum Gasteiger partial charge on any atom is -0.469 e. The van der Waals surface area contributed by atoms with E-state index in [0.717, 1.165) is 32.0 Å². The lowest BCUT2D eigenvalue weighted by Gasteiger charge is -2.23. The number of esters is 2. The van der Waals surface area contributed by atoms with Crippen LogP contribution in [0.4, 0.5) is 0 Å². The molecule has 0 spiro atoms. The standard InChI is InChI=1S/2C10H19N3.C10H20O2.C4H6O2.C4H8/c2*1-2-3-4-5-6-7-9-13-10-8-11-12-13;1-6-8(9(11)12-5)7-10(2,3)4;1-3-4(5)6-2;1-4(2)3/h2*8,10H,2-7,9H2,1H3;8H,6-7H2,1-5H3;3H,1H2,2H3;1H2,2-3H3. The molecule has 278 valence electrons. The normalized spacial score (nSPS) is 10.6. The number of rotatable bonds is 18. The van der Waals surface area contributed by atoms with E-state index >= 15 is 0 Å². The Morgan fingerprint density at radius 2 is 1.15 bits per heavy atom. The van der Waals surface area contributed by atoms with Crippen LogP contribution in [0.3, 0.4) is 0 Å². The average molecular weight is 677 g/mol. The lowest BCUT2D eigenvalue weighted by Crippen LogP contribution is -2.21. The Bertz CT molecular complexity index is 935. The summed E-state index contributed by atoms with van der Waals surface area (Å²) in [6.07, 6.45) is 26.2. The zero-order chi connectivity index (χ0) is 37.1. The number of aryl methyl sites for hydroxylation is 2. The molecule has 2 rings (SSSR count). The van der Waals surface area contributed by atoms with Gasteiger partial charge in [-0.2, -0.15) is 0 Å². The van der Waals surface area contributed by atoms with Crippen molar-refractivity contribution in [2.45, 2.75) is 158 Å². The largest absolute Gasteiger partial charge is 0.469 e. The molecule has 0 aliphatic carbocycles. The molecular formula is C38H72N6O4. The number of methoxy groups -OCH3 is 2. The van der Waals surface area contributed by atoms with Crippen molar-refractivity contribution in [2.75, 3.05) is 14.2 Å². The minimum atomic E-state index is -0.394. The van der Waals surface area contributed by atoms with Crippen molar-refractivity contribution >= 4 is 11.9 Å². The fourth-order valence-electron chi connectivity index (χ4n) is 4.20. The second-order valence-corrected chi connectivity index (χ2v) is 13.2. The summed E-state index contributed by atoms with van der Waals surface area (Å²) in [5.74, 6) is -0.405. The van der Waals surface area contributed by atoms with E-state index < -0.39 is 5.97 Å². The Kier molecular flexibility index (Phi) is 35.8. The third-order valence-electron chi connectivity index (χ3n) is 6.68. The number of hydrogen-bond donors (Lipinski definition) is 0. The van der Waals surface area contributed by atoms with Gasteiger partial charge in [-0.15, -0.1) is 16.8 Å². The summed E-state index contributed by atoms with van der Waals surface area (Å²) in [7, 11) is 2.76. The molecule has 0 bridgehead atoms. The summed E-state index contributed by atoms with van der Waals surface area (Å²) >= 11 is 0. The van der Waals surface area contributed by atoms with Crippen LogP contribution in [-0.4, -0.2) is 56.1 Å². The maximum Gasteiger partial charge on any atom is 0.329 e. The Morgan fingerprint density at radius 1 is 0.750 bits per heavy atom. The van der Waals surface area contributed by atoms with Crippen LogP contribution in [0.5, 0.6) is 0 Å². The Labute approximate surface area is 294 Å². The van der Waals surface area contributed by atoms with Crippen molar-refractivity contribution in [1.29, 1.82) is 0 Å². The predicted molar refractivity (Wildman–Crippen MR) is 199 cm³/mol. The second-order valence-electron chi connectivity index (χ2n) is 13.2. The number of aromatic nitrogens is 6. The van der Waals surface area contributed by atoms with Gasteiger partial charge in [0.2, 0.25) is 0 Å². The van der Waals surface area contributed by atoms with Crippen LogP contribution < -0.4 is 0 Å². The van der Waals surface area contributed by atoms with Crippen molar-refractivity contribution in [2.24, 2.45) is 11.3 Å². The summed E-state index contributed by atoms with van der Waals surface area (Å²) in [4.78, 5) is 21.0. The highest BCUT2D eigenvalue weighted by atomic mass is 16.5. The summed E-state index contributed by atoms with van der Waals surface area (Å²) in [5, 5.41) is 15.4. The highest BCUT2D eigenvalue weighted by molar-refractivity contribution is 5.80. The summed E-state index contributed by atoms with van der Waals surface area (Å²) in [6, 6.07) is 0. The molecule has 0 radical (unpaired) electrons. The van der Waals surface area contributed by atoms with E-state index in [4.69, 9.17) is 4.74 Å². The van der Waals surface area contributed by atoms with Crippen LogP contribution in [0.2, 0.25) is 0 Å². The van der Waals surface area contributed by atoms with Crippen LogP contribution in [0.1, 0.15) is 145 Å². The molecule has 1 atom stereocenters. The van der Waals surface area contributed by atoms with Crippen molar-refractivity contribution in [3.05, 3.63) is 49.6 Å². The molecule has 0 aliphatic heterocycles. The van der Waals surface area contributed by atoms with Crippen molar-refractivity contribution in [3.63, 3.8) is 0 Å². The monoisotopic (exact) mass is 677 g/mol. The van der Waals surface area contributed by atoms with E-state index in [1.54, 1.807) is 12.4 Å². The highest BCUT2D eigenvalue weighted by Gasteiger charge is 2.23. The molecule has 2 heterocycles. The lowest BCUT2D eigenvalue weighted by molar-refractivity contribution is -0.146. The van der Waals surface area contributed by atoms with Crippen molar-refractivity contribution < 1.29 is 19.1 Å². The fourth-order valence-corrected chi connectivity index (χ4v) is 4.20. The number of carbonyl (C=O) groups excluding carboxylic acids is 2. The van der Waals surface area contributed by atoms with Gasteiger partial charge in [0.1, 0.15) is 0 Å². The van der Waals surface area contributed by atoms with Gasteiger partial charge in [-0.25, -0.2) is 4.79 Å². The maximum absolute atomic E-state index is 11.2. The maximum atomic E-state index is 11.2. The fraction of sp³-hybridized carbons (Fsp3) is 0.737. The van der Waals surface area contributed by atoms with Crippen LogP contribution in [-0.2, 0) is 32.2 Å². The SMILES string of the molecule is C=C(C)C.C=CC(=O)OC.CCC(CC(C)(C)C)C(=O)OC.CCCCCCCCn1ccnn1.CCCCCCCCn1ccnn1. The van der Waals surface area contributed by atoms with Gasteiger partial charge in [0, 0.05) is 31.6 Å². The van der Waals surface area contributed by atoms with Gasteiger partial charge in [-0.1, -0.05) is 128 Å². The zero-order valence-corrected chi connectivity index (χ0v) is 32.5. The first-order valence-corrected chi connectivity index (χ1v) is 17.9. The molecule has 0 aromatic carbocycles. The molecule has 0 amide bonds. The van der Waals surface area contributed by atoms with E-state index in [1.165, 1.54) is 96.8 Å². The third kappa shape index (κ3) is 38.9. The third-order valence-corrected chi connectivity index (χ3v) is 6.68. The van der Waals surface area contributed by atoms with E-state index in [1.807, 2.05) is 42.5 Å². The van der Waals surface area contributed by atoms with E-state index in [0.29, 0.717) is 0 Å². The van der Waals surface area contributed by atoms with Gasteiger partial charge < -0.3 is 9.47 Å². The van der Waals surface area contributed by atoms with E-state index in [9.17, 15) is 9.59 Å². The van der Waals surface area contributed by atoms with Gasteiger partial charge >= 0.3 is 11.9 Å². The molecule has 1 unspecified atom stereocenters. The number of unbranched alkanes of at least 4 members (excludes halogenated alkanes) is 10. The molecular weight excluding hydrogens is 604 g/mol. The average Bonchev–Trinajstić information content (AvgIpc) is 3.78. The molecule has 0 fully saturated rings. The number of carbonyl (C=O) groups is 2. The quantitative estimate of drug-likeness (QED) is 0.0663. The number of ether oxygens (including phenoxy) is 2. The zero-order valence-electron chi connectivity index (χ0n) is 32.5. The van der Waals surface area contributed by atoms with Crippen LogP contribution in [0.15, 0.2) is 49.6 Å². The number of allylic oxidation sites excluding steroid dienone is 1. The van der Waals surface area contributed by atoms with Crippen molar-refractivity contribution in [1.82, 2.24) is 30.0 Å². The van der Waals surface area contributed by atoms with Crippen LogP contribution >= 0.6 is 0 Å². The van der Waals surface area contributed by atoms with E-state index in [-0.39, 0.29) is 17.3 Å². The smallest absolute Gasteiger partial charge is 0.329 e. The lowest BCUT2D eigenvalue weighted by atomic mass is 9.83. The minimum absolute atomic E-state index is 0.0648. The van der Waals surface area contributed by atoms with E-state index in [2.05, 4.69) is 73.1 Å². The predicted octanol–water partition coefficient (Wildman–Crippen LogP) is 9.83. The van der Waals surface area contributed by atoms with Gasteiger partial charge in [0.05, 0.1) is 32.5 Å². The number of hydrogen-bond acceptors (Lipinski definition) is 8. The topological polar surface area (TPSA) is 114 Å². The molecule has 0 saturated heterocycles. The van der Waals surface area contributed by atoms with Crippen LogP contribution in [0, 0.1) is 11.3 Å². The first kappa shape index (κ1) is 49.1. The highest BCUT2D eigenvalue weighted by Crippen LogP contribution is 2.26. The summed E-state index contributed by atoms with van der Waals surface area (Å²) in [5.41, 5.74) is 1.37. The second kappa shape index (κ2) is 35.0. The molecule has 10 nitrogen and oxygen atoms in total. The Hall–Kier alpha value is -3.30. The summed E-state index contributed by atoms with van der Waals surface area (Å²) < 4.78 is 12.7. The van der Waals surface area contributed by atoms with Crippen molar-refractivity contribution in [3.8, 4) is 0 Å². The molecule has 0 aliphatic rings. The van der Waals surface area contributed by atoms with Gasteiger partial charge in [0.25, 0.3) is 0 Å². The number of nitrogens with zero attached hydrogens (tertiary/aromatic N) is 6. The molecule has 0 saturated carbocycles. The molecule has 2 aromatic heterocycles. The van der Waals surface area contributed by atoms with Gasteiger partial charge in [0.15, 0.2) is 0 Å². The molecule has 2 aromatic rings. The molecule has 10 heteroatoms. The molecule has 48 heavy (non-hydrogen) atoms. The van der Waals surface area contributed by atoms with Gasteiger partial charge in [-0.05, 0) is 44.9 Å². The van der Waals surface area contributed by atoms with Gasteiger partial charge in [-0.3, -0.25) is 14.2 Å². The van der Waals surface area contributed by atoms with Crippen LogP contribution in [0.25, 0.3) is 0 Å². The Morgan fingerprint density at radius 3 is 1.40 bits per heavy atom. The first-order chi connectivity index (χ1) is 22.8. The molecule has 0 N–H and O–H groups in total. The Balaban J connectivity index is -0.000000556. The first-order valence-electron chi connectivity index (χ1n) is 17.9.